The summed E-state index contributed by atoms with van der Waals surface area (Å²) in [5, 5.41) is 3.87. The van der Waals surface area contributed by atoms with Gasteiger partial charge in [0.1, 0.15) is 5.75 Å². The third kappa shape index (κ3) is 5.39. The summed E-state index contributed by atoms with van der Waals surface area (Å²) in [6.07, 6.45) is 5.67. The predicted molar refractivity (Wildman–Crippen MR) is 129 cm³/mol. The lowest BCUT2D eigenvalue weighted by atomic mass is 10.1. The van der Waals surface area contributed by atoms with E-state index in [0.717, 1.165) is 41.5 Å². The molecule has 3 aromatic rings. The molecule has 2 heterocycles. The van der Waals surface area contributed by atoms with Crippen molar-refractivity contribution in [3.8, 4) is 5.75 Å². The van der Waals surface area contributed by atoms with Crippen molar-refractivity contribution in [3.63, 3.8) is 0 Å². The quantitative estimate of drug-likeness (QED) is 0.492. The van der Waals surface area contributed by atoms with Crippen molar-refractivity contribution >= 4 is 26.8 Å². The number of hydrogen-bond donors (Lipinski definition) is 1. The van der Waals surface area contributed by atoms with Gasteiger partial charge in [0, 0.05) is 49.7 Å². The van der Waals surface area contributed by atoms with Gasteiger partial charge in [0.25, 0.3) is 0 Å². The molecule has 2 aromatic carbocycles. The van der Waals surface area contributed by atoms with Crippen molar-refractivity contribution < 1.29 is 17.9 Å². The molecule has 0 unspecified atom stereocenters. The fourth-order valence-electron chi connectivity index (χ4n) is 4.36. The molecule has 1 aliphatic heterocycles. The molecule has 0 aliphatic carbocycles. The zero-order valence-electron chi connectivity index (χ0n) is 19.0. The molecule has 0 bridgehead atoms. The van der Waals surface area contributed by atoms with Gasteiger partial charge in [-0.3, -0.25) is 4.79 Å². The first-order chi connectivity index (χ1) is 16.0. The highest BCUT2D eigenvalue weighted by molar-refractivity contribution is 7.89. The molecule has 8 heteroatoms. The fraction of sp³-hybridized carbons (Fsp3) is 0.400. The number of para-hydroxylation sites is 1. The number of aryl methyl sites for hydroxylation is 1. The zero-order chi connectivity index (χ0) is 23.3. The molecule has 4 rings (SSSR count). The lowest BCUT2D eigenvalue weighted by Crippen LogP contribution is -2.27. The minimum absolute atomic E-state index is 0.0281. The van der Waals surface area contributed by atoms with Gasteiger partial charge in [-0.1, -0.05) is 18.2 Å². The molecule has 176 valence electrons. The highest BCUT2D eigenvalue weighted by Gasteiger charge is 2.27. The Morgan fingerprint density at radius 1 is 1.09 bits per heavy atom. The maximum Gasteiger partial charge on any atom is 0.243 e. The van der Waals surface area contributed by atoms with Crippen LogP contribution in [0.4, 0.5) is 0 Å². The monoisotopic (exact) mass is 469 g/mol. The molecular weight excluding hydrogens is 438 g/mol. The molecule has 1 fully saturated rings. The summed E-state index contributed by atoms with van der Waals surface area (Å²) in [7, 11) is -1.77. The zero-order valence-corrected chi connectivity index (χ0v) is 19.8. The predicted octanol–water partition coefficient (Wildman–Crippen LogP) is 3.57. The molecule has 0 radical (unpaired) electrons. The van der Waals surface area contributed by atoms with Crippen molar-refractivity contribution in [2.45, 2.75) is 43.5 Å². The summed E-state index contributed by atoms with van der Waals surface area (Å²) >= 11 is 0. The van der Waals surface area contributed by atoms with Gasteiger partial charge in [0.2, 0.25) is 15.9 Å². The van der Waals surface area contributed by atoms with E-state index in [9.17, 15) is 13.2 Å². The highest BCUT2D eigenvalue weighted by Crippen LogP contribution is 2.25. The number of methoxy groups -OCH3 is 1. The largest absolute Gasteiger partial charge is 0.496 e. The van der Waals surface area contributed by atoms with Gasteiger partial charge in [0.15, 0.2) is 0 Å². The summed E-state index contributed by atoms with van der Waals surface area (Å²) < 4.78 is 34.6. The number of ether oxygens (including phenoxy) is 1. The molecule has 0 saturated carbocycles. The average Bonchev–Trinajstić information content (AvgIpc) is 3.50. The van der Waals surface area contributed by atoms with Crippen LogP contribution >= 0.6 is 0 Å². The van der Waals surface area contributed by atoms with E-state index in [1.165, 1.54) is 0 Å². The van der Waals surface area contributed by atoms with Gasteiger partial charge in [-0.15, -0.1) is 0 Å². The van der Waals surface area contributed by atoms with E-state index in [1.807, 2.05) is 42.6 Å². The molecule has 1 aliphatic rings. The molecule has 1 amide bonds. The summed E-state index contributed by atoms with van der Waals surface area (Å²) in [4.78, 5) is 12.6. The molecule has 1 N–H and O–H groups in total. The number of sulfonamides is 1. The maximum absolute atomic E-state index is 12.8. The van der Waals surface area contributed by atoms with E-state index in [0.29, 0.717) is 43.9 Å². The highest BCUT2D eigenvalue weighted by atomic mass is 32.2. The molecule has 33 heavy (non-hydrogen) atoms. The minimum Gasteiger partial charge on any atom is -0.496 e. The first-order valence-corrected chi connectivity index (χ1v) is 12.9. The third-order valence-electron chi connectivity index (χ3n) is 6.16. The minimum atomic E-state index is -3.42. The summed E-state index contributed by atoms with van der Waals surface area (Å²) in [5.74, 6) is 0.864. The van der Waals surface area contributed by atoms with E-state index >= 15 is 0 Å². The van der Waals surface area contributed by atoms with Crippen LogP contribution in [0.2, 0.25) is 0 Å². The van der Waals surface area contributed by atoms with Crippen LogP contribution in [-0.2, 0) is 27.8 Å². The van der Waals surface area contributed by atoms with Crippen LogP contribution in [0.1, 0.15) is 31.2 Å². The molecule has 0 spiro atoms. The van der Waals surface area contributed by atoms with Crippen LogP contribution in [0, 0.1) is 0 Å². The van der Waals surface area contributed by atoms with Crippen LogP contribution in [0.3, 0.4) is 0 Å². The first kappa shape index (κ1) is 23.3. The Morgan fingerprint density at radius 2 is 1.88 bits per heavy atom. The van der Waals surface area contributed by atoms with E-state index in [1.54, 1.807) is 23.5 Å². The van der Waals surface area contributed by atoms with Gasteiger partial charge < -0.3 is 14.6 Å². The van der Waals surface area contributed by atoms with Crippen LogP contribution in [-0.4, -0.2) is 49.9 Å². The van der Waals surface area contributed by atoms with Gasteiger partial charge in [-0.05, 0) is 61.6 Å². The summed E-state index contributed by atoms with van der Waals surface area (Å²) in [6, 6.07) is 15.1. The smallest absolute Gasteiger partial charge is 0.243 e. The Balaban J connectivity index is 1.28. The van der Waals surface area contributed by atoms with Crippen molar-refractivity contribution in [3.05, 3.63) is 60.3 Å². The number of fused-ring (bicyclic) bond motifs is 1. The molecule has 1 saturated heterocycles. The summed E-state index contributed by atoms with van der Waals surface area (Å²) in [5.41, 5.74) is 2.05. The molecular formula is C25H31N3O4S. The second-order valence-electron chi connectivity index (χ2n) is 8.36. The first-order valence-electron chi connectivity index (χ1n) is 11.5. The van der Waals surface area contributed by atoms with Crippen molar-refractivity contribution in [1.82, 2.24) is 14.2 Å². The van der Waals surface area contributed by atoms with E-state index < -0.39 is 10.0 Å². The maximum atomic E-state index is 12.8. The van der Waals surface area contributed by atoms with Crippen molar-refractivity contribution in [2.24, 2.45) is 0 Å². The number of carbonyl (C=O) groups excluding carboxylic acids is 1. The number of hydrogen-bond acceptors (Lipinski definition) is 4. The standard InChI is InChI=1S/C25H31N3O4S/c1-32-24-8-3-2-7-20(24)12-14-26-25(29)9-6-15-27-18-13-21-19-22(10-11-23(21)27)33(30,31)28-16-4-5-17-28/h2-3,7-8,10-11,13,18-19H,4-6,9,12,14-17H2,1H3,(H,26,29). The SMILES string of the molecule is COc1ccccc1CCNC(=O)CCCn1ccc2cc(S(=O)(=O)N3CCCC3)ccc21. The number of aromatic nitrogens is 1. The van der Waals surface area contributed by atoms with E-state index in [4.69, 9.17) is 4.74 Å². The second-order valence-corrected chi connectivity index (χ2v) is 10.3. The lowest BCUT2D eigenvalue weighted by molar-refractivity contribution is -0.121. The van der Waals surface area contributed by atoms with E-state index in [-0.39, 0.29) is 5.91 Å². The van der Waals surface area contributed by atoms with Crippen LogP contribution in [0.15, 0.2) is 59.6 Å². The number of amides is 1. The Kier molecular flexibility index (Phi) is 7.35. The van der Waals surface area contributed by atoms with Gasteiger partial charge in [0.05, 0.1) is 12.0 Å². The number of carbonyl (C=O) groups is 1. The normalized spacial score (nSPS) is 14.6. The molecule has 7 nitrogen and oxygen atoms in total. The van der Waals surface area contributed by atoms with Gasteiger partial charge >= 0.3 is 0 Å². The Hall–Kier alpha value is -2.84. The molecule has 0 atom stereocenters. The van der Waals surface area contributed by atoms with Crippen molar-refractivity contribution in [2.75, 3.05) is 26.7 Å². The van der Waals surface area contributed by atoms with Crippen LogP contribution in [0.25, 0.3) is 10.9 Å². The Bertz CT molecular complexity index is 1210. The fourth-order valence-corrected chi connectivity index (χ4v) is 5.91. The average molecular weight is 470 g/mol. The number of rotatable bonds is 10. The molecule has 1 aromatic heterocycles. The lowest BCUT2D eigenvalue weighted by Gasteiger charge is -2.15. The Morgan fingerprint density at radius 3 is 2.67 bits per heavy atom. The number of benzene rings is 2. The van der Waals surface area contributed by atoms with Crippen LogP contribution in [0.5, 0.6) is 5.75 Å². The topological polar surface area (TPSA) is 80.6 Å². The summed E-state index contributed by atoms with van der Waals surface area (Å²) in [6.45, 7) is 2.46. The third-order valence-corrected chi connectivity index (χ3v) is 8.05. The second kappa shape index (κ2) is 10.4. The number of nitrogens with one attached hydrogen (secondary N) is 1. The van der Waals surface area contributed by atoms with Gasteiger partial charge in [-0.25, -0.2) is 8.42 Å². The van der Waals surface area contributed by atoms with Gasteiger partial charge in [-0.2, -0.15) is 4.31 Å². The number of nitrogens with zero attached hydrogens (tertiary/aromatic N) is 2. The van der Waals surface area contributed by atoms with Crippen molar-refractivity contribution in [1.29, 1.82) is 0 Å². The van der Waals surface area contributed by atoms with Crippen LogP contribution < -0.4 is 10.1 Å². The Labute approximate surface area is 195 Å². The van der Waals surface area contributed by atoms with E-state index in [2.05, 4.69) is 9.88 Å².